The molecule has 98 valence electrons. The number of ketones is 1. The molecule has 2 nitrogen and oxygen atoms in total. The summed E-state index contributed by atoms with van der Waals surface area (Å²) in [6.45, 7) is 0. The minimum atomic E-state index is -0.435. The van der Waals surface area contributed by atoms with Gasteiger partial charge in [-0.05, 0) is 30.3 Å². The second-order valence-electron chi connectivity index (χ2n) is 4.33. The number of hydrogen-bond donors (Lipinski definition) is 0. The molecule has 0 spiro atoms. The lowest BCUT2D eigenvalue weighted by atomic mass is 9.99. The summed E-state index contributed by atoms with van der Waals surface area (Å²) in [6.07, 6.45) is 1.68. The minimum Gasteiger partial charge on any atom is -0.289 e. The first-order chi connectivity index (χ1) is 9.66. The van der Waals surface area contributed by atoms with Crippen molar-refractivity contribution in [3.8, 4) is 0 Å². The number of benzene rings is 2. The Morgan fingerprint density at radius 1 is 1.05 bits per heavy atom. The summed E-state index contributed by atoms with van der Waals surface area (Å²) in [7, 11) is 0. The molecule has 0 N–H and O–H groups in total. The van der Waals surface area contributed by atoms with Crippen molar-refractivity contribution in [2.75, 3.05) is 0 Å². The van der Waals surface area contributed by atoms with Gasteiger partial charge in [-0.1, -0.05) is 34.1 Å². The molecule has 0 fully saturated rings. The maximum Gasteiger partial charge on any atom is 0.194 e. The van der Waals surface area contributed by atoms with E-state index in [1.807, 2.05) is 12.1 Å². The lowest BCUT2D eigenvalue weighted by molar-refractivity contribution is 0.103. The van der Waals surface area contributed by atoms with Crippen LogP contribution in [0.1, 0.15) is 15.9 Å². The van der Waals surface area contributed by atoms with Crippen LogP contribution in [0.15, 0.2) is 59.2 Å². The van der Waals surface area contributed by atoms with Gasteiger partial charge in [0, 0.05) is 27.2 Å². The Morgan fingerprint density at radius 2 is 1.90 bits per heavy atom. The van der Waals surface area contributed by atoms with Crippen molar-refractivity contribution in [1.29, 1.82) is 0 Å². The molecule has 0 bridgehead atoms. The molecule has 0 radical (unpaired) electrons. The number of nitrogens with zero attached hydrogens (tertiary/aromatic N) is 1. The van der Waals surface area contributed by atoms with E-state index >= 15 is 0 Å². The van der Waals surface area contributed by atoms with Crippen LogP contribution >= 0.6 is 15.9 Å². The van der Waals surface area contributed by atoms with Crippen LogP contribution in [0.25, 0.3) is 10.9 Å². The first-order valence-corrected chi connectivity index (χ1v) is 6.79. The summed E-state index contributed by atoms with van der Waals surface area (Å²) in [5.74, 6) is -0.662. The van der Waals surface area contributed by atoms with Crippen LogP contribution < -0.4 is 0 Å². The summed E-state index contributed by atoms with van der Waals surface area (Å²) < 4.78 is 13.9. The molecule has 0 saturated heterocycles. The molecule has 0 aliphatic heterocycles. The van der Waals surface area contributed by atoms with Crippen molar-refractivity contribution in [3.63, 3.8) is 0 Å². The van der Waals surface area contributed by atoms with Gasteiger partial charge in [-0.15, -0.1) is 0 Å². The Labute approximate surface area is 123 Å². The predicted octanol–water partition coefficient (Wildman–Crippen LogP) is 4.37. The summed E-state index contributed by atoms with van der Waals surface area (Å²) >= 11 is 3.29. The average molecular weight is 330 g/mol. The van der Waals surface area contributed by atoms with Crippen molar-refractivity contribution in [3.05, 3.63) is 76.1 Å². The predicted molar refractivity (Wildman–Crippen MR) is 79.3 cm³/mol. The normalized spacial score (nSPS) is 10.7. The minimum absolute atomic E-state index is 0.227. The van der Waals surface area contributed by atoms with Crippen LogP contribution in [0.3, 0.4) is 0 Å². The van der Waals surface area contributed by atoms with Crippen molar-refractivity contribution in [1.82, 2.24) is 4.98 Å². The highest BCUT2D eigenvalue weighted by Gasteiger charge is 2.16. The molecule has 0 amide bonds. The van der Waals surface area contributed by atoms with Crippen molar-refractivity contribution >= 4 is 32.6 Å². The number of rotatable bonds is 2. The SMILES string of the molecule is O=C(c1cc(F)ccc1Br)c1cccc2ncccc12. The second-order valence-corrected chi connectivity index (χ2v) is 5.18. The molecule has 0 aliphatic rings. The molecule has 1 aromatic heterocycles. The van der Waals surface area contributed by atoms with Crippen LogP contribution in [-0.2, 0) is 0 Å². The third-order valence-corrected chi connectivity index (χ3v) is 3.75. The van der Waals surface area contributed by atoms with Crippen LogP contribution in [0.5, 0.6) is 0 Å². The summed E-state index contributed by atoms with van der Waals surface area (Å²) in [5.41, 5.74) is 1.56. The largest absolute Gasteiger partial charge is 0.289 e. The number of pyridine rings is 1. The maximum absolute atomic E-state index is 13.4. The highest BCUT2D eigenvalue weighted by atomic mass is 79.9. The molecule has 20 heavy (non-hydrogen) atoms. The van der Waals surface area contributed by atoms with Gasteiger partial charge in [-0.25, -0.2) is 4.39 Å². The molecule has 3 rings (SSSR count). The molecule has 0 saturated carbocycles. The maximum atomic E-state index is 13.4. The van der Waals surface area contributed by atoms with Crippen molar-refractivity contribution < 1.29 is 9.18 Å². The summed E-state index contributed by atoms with van der Waals surface area (Å²) in [4.78, 5) is 16.8. The zero-order valence-electron chi connectivity index (χ0n) is 10.3. The fourth-order valence-corrected chi connectivity index (χ4v) is 2.54. The average Bonchev–Trinajstić information content (AvgIpc) is 2.48. The Bertz CT molecular complexity index is 811. The van der Waals surface area contributed by atoms with E-state index in [2.05, 4.69) is 20.9 Å². The van der Waals surface area contributed by atoms with Crippen LogP contribution in [0, 0.1) is 5.82 Å². The third kappa shape index (κ3) is 2.23. The van der Waals surface area contributed by atoms with E-state index in [1.165, 1.54) is 18.2 Å². The molecule has 3 aromatic rings. The van der Waals surface area contributed by atoms with Gasteiger partial charge >= 0.3 is 0 Å². The molecule has 0 unspecified atom stereocenters. The zero-order valence-corrected chi connectivity index (χ0v) is 11.9. The quantitative estimate of drug-likeness (QED) is 0.653. The lowest BCUT2D eigenvalue weighted by Gasteiger charge is -2.07. The van der Waals surface area contributed by atoms with Crippen molar-refractivity contribution in [2.45, 2.75) is 0 Å². The Kier molecular flexibility index (Phi) is 3.32. The Morgan fingerprint density at radius 3 is 2.75 bits per heavy atom. The van der Waals surface area contributed by atoms with E-state index in [4.69, 9.17) is 0 Å². The zero-order chi connectivity index (χ0) is 14.1. The highest BCUT2D eigenvalue weighted by Crippen LogP contribution is 2.24. The van der Waals surface area contributed by atoms with Gasteiger partial charge in [0.15, 0.2) is 5.78 Å². The van der Waals surface area contributed by atoms with E-state index in [0.717, 1.165) is 10.9 Å². The van der Waals surface area contributed by atoms with Gasteiger partial charge in [0.25, 0.3) is 0 Å². The molecule has 0 atom stereocenters. The smallest absolute Gasteiger partial charge is 0.194 e. The number of carbonyl (C=O) groups is 1. The molecular weight excluding hydrogens is 321 g/mol. The van der Waals surface area contributed by atoms with Gasteiger partial charge in [0.05, 0.1) is 5.52 Å². The number of hydrogen-bond acceptors (Lipinski definition) is 2. The first kappa shape index (κ1) is 12.9. The van der Waals surface area contributed by atoms with E-state index in [9.17, 15) is 9.18 Å². The van der Waals surface area contributed by atoms with Gasteiger partial charge in [-0.2, -0.15) is 0 Å². The number of carbonyl (C=O) groups excluding carboxylic acids is 1. The van der Waals surface area contributed by atoms with Gasteiger partial charge < -0.3 is 0 Å². The number of fused-ring (bicyclic) bond motifs is 1. The topological polar surface area (TPSA) is 30.0 Å². The highest BCUT2D eigenvalue weighted by molar-refractivity contribution is 9.10. The van der Waals surface area contributed by atoms with E-state index in [1.54, 1.807) is 24.4 Å². The molecule has 4 heteroatoms. The summed E-state index contributed by atoms with van der Waals surface area (Å²) in [6, 6.07) is 13.0. The monoisotopic (exact) mass is 329 g/mol. The third-order valence-electron chi connectivity index (χ3n) is 3.06. The number of aromatic nitrogens is 1. The standard InChI is InChI=1S/C16H9BrFNO/c17-14-7-6-10(18)9-13(14)16(20)12-3-1-5-15-11(12)4-2-8-19-15/h1-9H. The van der Waals surface area contributed by atoms with Gasteiger partial charge in [-0.3, -0.25) is 9.78 Å². The fraction of sp³-hybridized carbons (Fsp3) is 0. The molecule has 2 aromatic carbocycles. The molecule has 1 heterocycles. The van der Waals surface area contributed by atoms with Gasteiger partial charge in [0.2, 0.25) is 0 Å². The fourth-order valence-electron chi connectivity index (χ4n) is 2.12. The number of halogens is 2. The van der Waals surface area contributed by atoms with E-state index in [0.29, 0.717) is 15.6 Å². The Hall–Kier alpha value is -2.07. The molecule has 0 aliphatic carbocycles. The lowest BCUT2D eigenvalue weighted by Crippen LogP contribution is -2.04. The van der Waals surface area contributed by atoms with E-state index in [-0.39, 0.29) is 5.78 Å². The van der Waals surface area contributed by atoms with Crippen LogP contribution in [0.2, 0.25) is 0 Å². The van der Waals surface area contributed by atoms with Crippen LogP contribution in [0.4, 0.5) is 4.39 Å². The molecular formula is C16H9BrFNO. The second kappa shape index (κ2) is 5.13. The Balaban J connectivity index is 2.20. The van der Waals surface area contributed by atoms with Crippen molar-refractivity contribution in [2.24, 2.45) is 0 Å². The van der Waals surface area contributed by atoms with Crippen LogP contribution in [-0.4, -0.2) is 10.8 Å². The van der Waals surface area contributed by atoms with E-state index < -0.39 is 5.82 Å². The van der Waals surface area contributed by atoms with Gasteiger partial charge in [0.1, 0.15) is 5.82 Å². The summed E-state index contributed by atoms with van der Waals surface area (Å²) in [5, 5.41) is 0.760. The first-order valence-electron chi connectivity index (χ1n) is 6.00.